The highest BCUT2D eigenvalue weighted by Crippen LogP contribution is 2.38. The predicted octanol–water partition coefficient (Wildman–Crippen LogP) is 2.22. The summed E-state index contributed by atoms with van der Waals surface area (Å²) in [5.41, 5.74) is -1.75. The normalized spacial score (nSPS) is 14.9. The second kappa shape index (κ2) is 5.43. The SMILES string of the molecule is CCN1C(=O)c2c(/C=N/N(C)C)ccc(C(F)(F)F)c2C1=O. The summed E-state index contributed by atoms with van der Waals surface area (Å²) in [7, 11) is 3.26. The molecule has 1 aromatic rings. The highest BCUT2D eigenvalue weighted by molar-refractivity contribution is 6.24. The predicted molar refractivity (Wildman–Crippen MR) is 73.8 cm³/mol. The molecule has 0 saturated carbocycles. The van der Waals surface area contributed by atoms with E-state index in [1.165, 1.54) is 18.1 Å². The molecule has 1 aliphatic rings. The van der Waals surface area contributed by atoms with Crippen LogP contribution in [0.3, 0.4) is 0 Å². The molecule has 0 unspecified atom stereocenters. The molecule has 5 nitrogen and oxygen atoms in total. The highest BCUT2D eigenvalue weighted by atomic mass is 19.4. The summed E-state index contributed by atoms with van der Waals surface area (Å²) >= 11 is 0. The zero-order valence-electron chi connectivity index (χ0n) is 12.2. The summed E-state index contributed by atoms with van der Waals surface area (Å²) in [6.07, 6.45) is -3.44. The van der Waals surface area contributed by atoms with Crippen LogP contribution in [0, 0.1) is 0 Å². The van der Waals surface area contributed by atoms with Crippen molar-refractivity contribution >= 4 is 18.0 Å². The van der Waals surface area contributed by atoms with Crippen LogP contribution in [-0.4, -0.2) is 48.6 Å². The number of hydrogen-bond donors (Lipinski definition) is 0. The third kappa shape index (κ3) is 2.56. The standard InChI is InChI=1S/C14H14F3N3O2/c1-4-20-12(21)10-8(7-18-19(2)3)5-6-9(14(15,16)17)11(10)13(20)22/h5-7H,4H2,1-3H3/b18-7+. The van der Waals surface area contributed by atoms with Gasteiger partial charge in [0.1, 0.15) is 0 Å². The Hall–Kier alpha value is -2.38. The summed E-state index contributed by atoms with van der Waals surface area (Å²) in [6, 6.07) is 1.96. The van der Waals surface area contributed by atoms with Gasteiger partial charge in [-0.05, 0) is 13.0 Å². The smallest absolute Gasteiger partial charge is 0.303 e. The van der Waals surface area contributed by atoms with Gasteiger partial charge in [0, 0.05) is 26.2 Å². The Morgan fingerprint density at radius 2 is 1.77 bits per heavy atom. The molecular weight excluding hydrogens is 299 g/mol. The number of nitrogens with zero attached hydrogens (tertiary/aromatic N) is 3. The van der Waals surface area contributed by atoms with Crippen LogP contribution in [0.15, 0.2) is 17.2 Å². The van der Waals surface area contributed by atoms with Gasteiger partial charge in [0.15, 0.2) is 0 Å². The lowest BCUT2D eigenvalue weighted by Gasteiger charge is -2.12. The molecule has 8 heteroatoms. The van der Waals surface area contributed by atoms with E-state index in [9.17, 15) is 22.8 Å². The molecule has 0 atom stereocenters. The fourth-order valence-electron chi connectivity index (χ4n) is 2.24. The van der Waals surface area contributed by atoms with E-state index in [-0.39, 0.29) is 17.7 Å². The molecule has 1 aliphatic heterocycles. The third-order valence-corrected chi connectivity index (χ3v) is 3.20. The largest absolute Gasteiger partial charge is 0.417 e. The average Bonchev–Trinajstić information content (AvgIpc) is 2.67. The maximum absolute atomic E-state index is 13.1. The van der Waals surface area contributed by atoms with Crippen molar-refractivity contribution < 1.29 is 22.8 Å². The van der Waals surface area contributed by atoms with Gasteiger partial charge in [0.05, 0.1) is 22.9 Å². The zero-order valence-corrected chi connectivity index (χ0v) is 12.2. The molecule has 0 N–H and O–H groups in total. The summed E-state index contributed by atoms with van der Waals surface area (Å²) in [5.74, 6) is -1.65. The summed E-state index contributed by atoms with van der Waals surface area (Å²) in [4.78, 5) is 25.2. The highest BCUT2D eigenvalue weighted by Gasteiger charge is 2.45. The van der Waals surface area contributed by atoms with Crippen LogP contribution in [0.5, 0.6) is 0 Å². The number of hydrogen-bond acceptors (Lipinski definition) is 4. The molecule has 0 aliphatic carbocycles. The molecule has 1 heterocycles. The fraction of sp³-hybridized carbons (Fsp3) is 0.357. The van der Waals surface area contributed by atoms with Gasteiger partial charge in [-0.2, -0.15) is 18.3 Å². The number of alkyl halides is 3. The number of hydrazone groups is 1. The number of halogens is 3. The lowest BCUT2D eigenvalue weighted by Crippen LogP contribution is -2.29. The number of carbonyl (C=O) groups is 2. The van der Waals surface area contributed by atoms with Crippen LogP contribution in [0.25, 0.3) is 0 Å². The molecule has 0 radical (unpaired) electrons. The van der Waals surface area contributed by atoms with Gasteiger partial charge in [-0.3, -0.25) is 14.5 Å². The Kier molecular flexibility index (Phi) is 3.95. The van der Waals surface area contributed by atoms with Gasteiger partial charge in [-0.15, -0.1) is 0 Å². The number of carbonyl (C=O) groups excluding carboxylic acids is 2. The van der Waals surface area contributed by atoms with Gasteiger partial charge in [0.2, 0.25) is 0 Å². The molecule has 0 fully saturated rings. The Bertz CT molecular complexity index is 666. The zero-order chi connectivity index (χ0) is 16.7. The van der Waals surface area contributed by atoms with E-state index in [1.54, 1.807) is 14.1 Å². The minimum absolute atomic E-state index is 0.00784. The van der Waals surface area contributed by atoms with E-state index in [2.05, 4.69) is 5.10 Å². The van der Waals surface area contributed by atoms with Crippen LogP contribution in [0.1, 0.15) is 38.8 Å². The van der Waals surface area contributed by atoms with Gasteiger partial charge >= 0.3 is 6.18 Å². The van der Waals surface area contributed by atoms with Gasteiger partial charge in [-0.25, -0.2) is 0 Å². The number of rotatable bonds is 3. The van der Waals surface area contributed by atoms with E-state index < -0.39 is 29.1 Å². The molecule has 0 saturated heterocycles. The van der Waals surface area contributed by atoms with Crippen molar-refractivity contribution in [1.82, 2.24) is 9.91 Å². The first-order valence-corrected chi connectivity index (χ1v) is 6.50. The van der Waals surface area contributed by atoms with E-state index in [0.29, 0.717) is 0 Å². The number of benzene rings is 1. The lowest BCUT2D eigenvalue weighted by molar-refractivity contribution is -0.137. The van der Waals surface area contributed by atoms with Crippen LogP contribution in [0.4, 0.5) is 13.2 Å². The Morgan fingerprint density at radius 3 is 2.27 bits per heavy atom. The number of amides is 2. The quantitative estimate of drug-likeness (QED) is 0.488. The van der Waals surface area contributed by atoms with Crippen molar-refractivity contribution in [3.63, 3.8) is 0 Å². The van der Waals surface area contributed by atoms with Crippen molar-refractivity contribution in [2.75, 3.05) is 20.6 Å². The lowest BCUT2D eigenvalue weighted by atomic mass is 9.97. The maximum atomic E-state index is 13.1. The molecule has 0 bridgehead atoms. The Labute approximate surface area is 125 Å². The third-order valence-electron chi connectivity index (χ3n) is 3.20. The molecule has 0 aromatic heterocycles. The maximum Gasteiger partial charge on any atom is 0.417 e. The molecular formula is C14H14F3N3O2. The molecule has 2 amide bonds. The Morgan fingerprint density at radius 1 is 1.18 bits per heavy atom. The first-order valence-electron chi connectivity index (χ1n) is 6.50. The Balaban J connectivity index is 2.71. The van der Waals surface area contributed by atoms with Gasteiger partial charge in [-0.1, -0.05) is 6.07 Å². The van der Waals surface area contributed by atoms with Gasteiger partial charge in [0.25, 0.3) is 11.8 Å². The molecule has 22 heavy (non-hydrogen) atoms. The average molecular weight is 313 g/mol. The van der Waals surface area contributed by atoms with Crippen molar-refractivity contribution in [1.29, 1.82) is 0 Å². The second-order valence-electron chi connectivity index (χ2n) is 4.90. The first-order chi connectivity index (χ1) is 10.2. The summed E-state index contributed by atoms with van der Waals surface area (Å²) < 4.78 is 39.3. The van der Waals surface area contributed by atoms with E-state index in [4.69, 9.17) is 0 Å². The minimum Gasteiger partial charge on any atom is -0.303 e. The van der Waals surface area contributed by atoms with Crippen LogP contribution in [-0.2, 0) is 6.18 Å². The van der Waals surface area contributed by atoms with E-state index in [1.807, 2.05) is 0 Å². The van der Waals surface area contributed by atoms with Gasteiger partial charge < -0.3 is 5.01 Å². The van der Waals surface area contributed by atoms with Crippen LogP contribution >= 0.6 is 0 Å². The van der Waals surface area contributed by atoms with Crippen LogP contribution in [0.2, 0.25) is 0 Å². The fourth-order valence-corrected chi connectivity index (χ4v) is 2.24. The van der Waals surface area contributed by atoms with Crippen molar-refractivity contribution in [2.45, 2.75) is 13.1 Å². The van der Waals surface area contributed by atoms with E-state index in [0.717, 1.165) is 17.0 Å². The minimum atomic E-state index is -4.71. The molecule has 1 aromatic carbocycles. The summed E-state index contributed by atoms with van der Waals surface area (Å²) in [5, 5.41) is 5.35. The van der Waals surface area contributed by atoms with E-state index >= 15 is 0 Å². The monoisotopic (exact) mass is 313 g/mol. The van der Waals surface area contributed by atoms with Crippen molar-refractivity contribution in [3.05, 3.63) is 34.4 Å². The molecule has 0 spiro atoms. The number of fused-ring (bicyclic) bond motifs is 1. The molecule has 118 valence electrons. The molecule has 2 rings (SSSR count). The summed E-state index contributed by atoms with van der Waals surface area (Å²) in [6.45, 7) is 1.54. The number of imide groups is 1. The van der Waals surface area contributed by atoms with Crippen LogP contribution < -0.4 is 0 Å². The first kappa shape index (κ1) is 16.0. The second-order valence-corrected chi connectivity index (χ2v) is 4.90. The van der Waals surface area contributed by atoms with Crippen molar-refractivity contribution in [3.8, 4) is 0 Å². The van der Waals surface area contributed by atoms with Crippen molar-refractivity contribution in [2.24, 2.45) is 5.10 Å². The topological polar surface area (TPSA) is 53.0 Å².